The minimum absolute atomic E-state index is 0.0473. The van der Waals surface area contributed by atoms with Gasteiger partial charge >= 0.3 is 5.69 Å². The van der Waals surface area contributed by atoms with Crippen molar-refractivity contribution < 1.29 is 14.8 Å². The maximum atomic E-state index is 11.1. The molecular weight excluding hydrogens is 270 g/mol. The highest BCUT2D eigenvalue weighted by Crippen LogP contribution is 2.32. The third-order valence-electron chi connectivity index (χ3n) is 3.22. The van der Waals surface area contributed by atoms with Crippen LogP contribution in [-0.4, -0.2) is 10.0 Å². The molecule has 0 saturated heterocycles. The predicted octanol–water partition coefficient (Wildman–Crippen LogP) is 4.00. The summed E-state index contributed by atoms with van der Waals surface area (Å²) in [6.45, 7) is 3.61. The van der Waals surface area contributed by atoms with E-state index in [1.165, 1.54) is 6.07 Å². The second-order valence-corrected chi connectivity index (χ2v) is 4.76. The van der Waals surface area contributed by atoms with Crippen LogP contribution in [0.3, 0.4) is 0 Å². The second-order valence-electron chi connectivity index (χ2n) is 4.76. The average Bonchev–Trinajstić information content (AvgIpc) is 2.48. The molecule has 2 rings (SSSR count). The maximum Gasteiger partial charge on any atom is 0.311 e. The van der Waals surface area contributed by atoms with E-state index >= 15 is 0 Å². The van der Waals surface area contributed by atoms with Crippen molar-refractivity contribution in [1.82, 2.24) is 0 Å². The number of aliphatic hydroxyl groups excluding tert-OH is 1. The van der Waals surface area contributed by atoms with Gasteiger partial charge in [-0.05, 0) is 42.7 Å². The molecule has 1 atom stereocenters. The molecule has 0 unspecified atom stereocenters. The summed E-state index contributed by atoms with van der Waals surface area (Å²) in [6.07, 6.45) is 0.168. The number of benzene rings is 2. The van der Waals surface area contributed by atoms with E-state index in [1.807, 2.05) is 13.0 Å². The van der Waals surface area contributed by atoms with Crippen molar-refractivity contribution in [2.24, 2.45) is 0 Å². The lowest BCUT2D eigenvalue weighted by Gasteiger charge is -2.09. The number of ether oxygens (including phenoxy) is 1. The molecule has 0 aromatic heterocycles. The van der Waals surface area contributed by atoms with E-state index in [1.54, 1.807) is 37.3 Å². The van der Waals surface area contributed by atoms with Crippen LogP contribution in [0.1, 0.15) is 31.1 Å². The van der Waals surface area contributed by atoms with Gasteiger partial charge in [-0.2, -0.15) is 0 Å². The van der Waals surface area contributed by atoms with Crippen molar-refractivity contribution in [2.75, 3.05) is 0 Å². The van der Waals surface area contributed by atoms with Crippen LogP contribution in [0, 0.1) is 10.1 Å². The highest BCUT2D eigenvalue weighted by Gasteiger charge is 2.16. The van der Waals surface area contributed by atoms with Gasteiger partial charge in [0.2, 0.25) is 5.75 Å². The Kier molecular flexibility index (Phi) is 4.55. The Morgan fingerprint density at radius 3 is 2.43 bits per heavy atom. The molecule has 2 aromatic rings. The molecule has 0 fully saturated rings. The van der Waals surface area contributed by atoms with Gasteiger partial charge in [0, 0.05) is 6.07 Å². The highest BCUT2D eigenvalue weighted by atomic mass is 16.6. The van der Waals surface area contributed by atoms with Crippen molar-refractivity contribution in [1.29, 1.82) is 0 Å². The number of hydrogen-bond acceptors (Lipinski definition) is 4. The summed E-state index contributed by atoms with van der Waals surface area (Å²) in [5.74, 6) is 0.703. The molecule has 0 saturated carbocycles. The van der Waals surface area contributed by atoms with Crippen molar-refractivity contribution in [3.8, 4) is 11.5 Å². The summed E-state index contributed by atoms with van der Waals surface area (Å²) in [4.78, 5) is 10.7. The van der Waals surface area contributed by atoms with Crippen LogP contribution >= 0.6 is 0 Å². The zero-order chi connectivity index (χ0) is 15.4. The van der Waals surface area contributed by atoms with E-state index in [2.05, 4.69) is 0 Å². The highest BCUT2D eigenvalue weighted by molar-refractivity contribution is 5.50. The first kappa shape index (κ1) is 15.0. The lowest BCUT2D eigenvalue weighted by atomic mass is 10.1. The molecule has 0 heterocycles. The van der Waals surface area contributed by atoms with E-state index < -0.39 is 11.0 Å². The average molecular weight is 287 g/mol. The number of nitro groups is 1. The van der Waals surface area contributed by atoms with Crippen molar-refractivity contribution in [3.63, 3.8) is 0 Å². The van der Waals surface area contributed by atoms with Crippen LogP contribution < -0.4 is 4.74 Å². The first-order chi connectivity index (χ1) is 10.0. The van der Waals surface area contributed by atoms with Gasteiger partial charge in [-0.25, -0.2) is 0 Å². The van der Waals surface area contributed by atoms with E-state index in [0.29, 0.717) is 5.75 Å². The number of nitrogens with zero attached hydrogens (tertiary/aromatic N) is 1. The predicted molar refractivity (Wildman–Crippen MR) is 79.6 cm³/mol. The molecule has 0 spiro atoms. The van der Waals surface area contributed by atoms with E-state index in [0.717, 1.165) is 17.5 Å². The summed E-state index contributed by atoms with van der Waals surface area (Å²) in [6, 6.07) is 11.8. The Bertz CT molecular complexity index is 635. The fourth-order valence-electron chi connectivity index (χ4n) is 1.95. The van der Waals surface area contributed by atoms with Gasteiger partial charge < -0.3 is 9.84 Å². The number of rotatable bonds is 5. The third kappa shape index (κ3) is 3.58. The van der Waals surface area contributed by atoms with Crippen LogP contribution in [-0.2, 0) is 6.42 Å². The van der Waals surface area contributed by atoms with E-state index in [9.17, 15) is 15.2 Å². The molecule has 0 aliphatic rings. The summed E-state index contributed by atoms with van der Waals surface area (Å²) >= 11 is 0. The molecular formula is C16H17NO4. The van der Waals surface area contributed by atoms with Crippen molar-refractivity contribution in [2.45, 2.75) is 26.4 Å². The Morgan fingerprint density at radius 1 is 1.24 bits per heavy atom. The Labute approximate surface area is 123 Å². The molecule has 2 aromatic carbocycles. The molecule has 1 N–H and O–H groups in total. The number of hydrogen-bond donors (Lipinski definition) is 1. The largest absolute Gasteiger partial charge is 0.450 e. The fraction of sp³-hybridized carbons (Fsp3) is 0.250. The molecule has 5 nitrogen and oxygen atoms in total. The summed E-state index contributed by atoms with van der Waals surface area (Å²) in [7, 11) is 0. The van der Waals surface area contributed by atoms with Gasteiger partial charge in [0.05, 0.1) is 11.0 Å². The fourth-order valence-corrected chi connectivity index (χ4v) is 1.95. The van der Waals surface area contributed by atoms with Gasteiger partial charge in [0.25, 0.3) is 0 Å². The number of aliphatic hydroxyl groups is 1. The molecule has 5 heteroatoms. The van der Waals surface area contributed by atoms with Crippen LogP contribution in [0.2, 0.25) is 0 Å². The standard InChI is InChI=1S/C16H17NO4/c1-3-12-4-9-16(15(10-12)17(19)20)21-14-7-5-13(6-8-14)11(2)18/h4-11,18H,3H2,1-2H3/t11-/m1/s1. The molecule has 110 valence electrons. The van der Waals surface area contributed by atoms with Gasteiger partial charge in [-0.15, -0.1) is 0 Å². The van der Waals surface area contributed by atoms with Gasteiger partial charge in [-0.3, -0.25) is 10.1 Å². The first-order valence-corrected chi connectivity index (χ1v) is 6.74. The lowest BCUT2D eigenvalue weighted by molar-refractivity contribution is -0.385. The lowest BCUT2D eigenvalue weighted by Crippen LogP contribution is -1.95. The normalized spacial score (nSPS) is 12.0. The Hall–Kier alpha value is -2.40. The second kappa shape index (κ2) is 6.37. The molecule has 0 aliphatic heterocycles. The topological polar surface area (TPSA) is 72.6 Å². The minimum Gasteiger partial charge on any atom is -0.450 e. The molecule has 0 aliphatic carbocycles. The molecule has 21 heavy (non-hydrogen) atoms. The monoisotopic (exact) mass is 287 g/mol. The van der Waals surface area contributed by atoms with Crippen molar-refractivity contribution >= 4 is 5.69 Å². The smallest absolute Gasteiger partial charge is 0.311 e. The van der Waals surface area contributed by atoms with Crippen LogP contribution in [0.4, 0.5) is 5.69 Å². The Balaban J connectivity index is 2.28. The van der Waals surface area contributed by atoms with Gasteiger partial charge in [-0.1, -0.05) is 25.1 Å². The van der Waals surface area contributed by atoms with Crippen molar-refractivity contribution in [3.05, 3.63) is 63.7 Å². The Morgan fingerprint density at radius 2 is 1.90 bits per heavy atom. The third-order valence-corrected chi connectivity index (χ3v) is 3.22. The zero-order valence-electron chi connectivity index (χ0n) is 11.9. The summed E-state index contributed by atoms with van der Waals surface area (Å²) in [5, 5.41) is 20.6. The quantitative estimate of drug-likeness (QED) is 0.666. The van der Waals surface area contributed by atoms with E-state index in [-0.39, 0.29) is 11.4 Å². The summed E-state index contributed by atoms with van der Waals surface area (Å²) < 4.78 is 5.58. The van der Waals surface area contributed by atoms with Crippen LogP contribution in [0.5, 0.6) is 11.5 Å². The van der Waals surface area contributed by atoms with Crippen LogP contribution in [0.15, 0.2) is 42.5 Å². The summed E-state index contributed by atoms with van der Waals surface area (Å²) in [5.41, 5.74) is 1.60. The first-order valence-electron chi connectivity index (χ1n) is 6.74. The molecule has 0 bridgehead atoms. The van der Waals surface area contributed by atoms with Gasteiger partial charge in [0.1, 0.15) is 5.75 Å². The number of nitro benzene ring substituents is 1. The molecule has 0 amide bonds. The maximum absolute atomic E-state index is 11.1. The van der Waals surface area contributed by atoms with E-state index in [4.69, 9.17) is 4.74 Å². The van der Waals surface area contributed by atoms with Crippen LogP contribution in [0.25, 0.3) is 0 Å². The van der Waals surface area contributed by atoms with Gasteiger partial charge in [0.15, 0.2) is 0 Å². The zero-order valence-corrected chi connectivity index (χ0v) is 11.9. The SMILES string of the molecule is CCc1ccc(Oc2ccc([C@@H](C)O)cc2)c([N+](=O)[O-])c1. The molecule has 0 radical (unpaired) electrons. The number of aryl methyl sites for hydroxylation is 1. The minimum atomic E-state index is -0.558.